The van der Waals surface area contributed by atoms with E-state index < -0.39 is 5.91 Å². The highest BCUT2D eigenvalue weighted by Gasteiger charge is 2.27. The number of aromatic nitrogens is 6. The number of para-hydroxylation sites is 1. The lowest BCUT2D eigenvalue weighted by Crippen LogP contribution is -2.49. The highest BCUT2D eigenvalue weighted by molar-refractivity contribution is 6.09. The molecule has 2 aliphatic carbocycles. The minimum atomic E-state index is -0.441. The van der Waals surface area contributed by atoms with E-state index in [1.807, 2.05) is 12.1 Å². The van der Waals surface area contributed by atoms with Crippen LogP contribution >= 0.6 is 0 Å². The molecule has 1 saturated heterocycles. The second-order valence-electron chi connectivity index (χ2n) is 16.8. The van der Waals surface area contributed by atoms with Crippen LogP contribution in [-0.4, -0.2) is 130 Å². The maximum absolute atomic E-state index is 13.6. The van der Waals surface area contributed by atoms with E-state index in [1.54, 1.807) is 60.3 Å². The Balaban J connectivity index is 0.687. The molecule has 352 valence electrons. The number of carbonyl (C=O) groups excluding carboxylic acids is 4. The summed E-state index contributed by atoms with van der Waals surface area (Å²) in [6.07, 6.45) is 9.52. The number of benzene rings is 1. The Morgan fingerprint density at radius 1 is 0.791 bits per heavy atom. The average molecular weight is 917 g/mol. The van der Waals surface area contributed by atoms with Crippen LogP contribution in [0, 0.1) is 6.92 Å². The first-order valence-corrected chi connectivity index (χ1v) is 22.9. The predicted molar refractivity (Wildman–Crippen MR) is 250 cm³/mol. The van der Waals surface area contributed by atoms with E-state index in [4.69, 9.17) is 19.2 Å². The molecular formula is C47H56N12O8. The summed E-state index contributed by atoms with van der Waals surface area (Å²) in [7, 11) is 0. The Labute approximate surface area is 387 Å². The number of hydrogen-bond acceptors (Lipinski definition) is 16. The summed E-state index contributed by atoms with van der Waals surface area (Å²) in [5, 5.41) is 20.2. The van der Waals surface area contributed by atoms with Gasteiger partial charge in [0.05, 0.1) is 68.1 Å². The molecule has 0 unspecified atom stereocenters. The molecule has 0 bridgehead atoms. The van der Waals surface area contributed by atoms with Gasteiger partial charge in [0.1, 0.15) is 17.6 Å². The summed E-state index contributed by atoms with van der Waals surface area (Å²) in [6, 6.07) is 13.8. The van der Waals surface area contributed by atoms with Gasteiger partial charge in [0.2, 0.25) is 23.6 Å². The first-order valence-electron chi connectivity index (χ1n) is 22.9. The minimum absolute atomic E-state index is 0.00910. The van der Waals surface area contributed by atoms with Gasteiger partial charge in [0.25, 0.3) is 11.5 Å². The van der Waals surface area contributed by atoms with Gasteiger partial charge in [0, 0.05) is 56.4 Å². The number of fused-ring (bicyclic) bond motifs is 1. The largest absolute Gasteiger partial charge is 0.473 e. The standard InChI is InChI=1S/C47H56N12O8/c1-30-36-28-50-47(54-44(36)59(32-7-3-4-8-32)46(64)43(30)31(2)60)53-38-14-11-33(27-49-38)58-21-19-57(20-22-58)29-41(62)48-18-24-66-26-25-65-23-17-40(61)51-37-10-6-5-9-35(37)45(63)52-39-15-16-42(56-55-39)67-34-12-13-34/h5-6,9-11,14-16,27-28,32,34H,3-4,7-8,12-13,17-26,29H2,1-2H3,(H,48,62)(H,51,61)(H,52,55,63)(H,49,50,53,54). The number of pyridine rings is 2. The second-order valence-corrected chi connectivity index (χ2v) is 16.8. The molecule has 4 N–H and O–H groups in total. The minimum Gasteiger partial charge on any atom is -0.473 e. The predicted octanol–water partition coefficient (Wildman–Crippen LogP) is 4.44. The maximum atomic E-state index is 13.6. The number of amides is 3. The van der Waals surface area contributed by atoms with Crippen LogP contribution in [0.1, 0.15) is 84.2 Å². The summed E-state index contributed by atoms with van der Waals surface area (Å²) in [5.41, 5.74) is 2.62. The Morgan fingerprint density at radius 3 is 2.27 bits per heavy atom. The SMILES string of the molecule is CC(=O)c1c(C)c2cnc(Nc3ccc(N4CCN(CC(=O)NCCOCCOCCC(=O)Nc5ccccc5C(=O)Nc5ccc(OC6CC6)nn5)CC4)cn3)nc2n(C2CCCC2)c1=O. The van der Waals surface area contributed by atoms with E-state index >= 15 is 0 Å². The van der Waals surface area contributed by atoms with Crippen molar-refractivity contribution in [3.05, 3.63) is 88.0 Å². The van der Waals surface area contributed by atoms with Crippen molar-refractivity contribution in [1.29, 1.82) is 0 Å². The molecule has 4 aromatic heterocycles. The lowest BCUT2D eigenvalue weighted by Gasteiger charge is -2.35. The molecule has 1 aromatic carbocycles. The van der Waals surface area contributed by atoms with Crippen molar-refractivity contribution in [3.63, 3.8) is 0 Å². The first-order chi connectivity index (χ1) is 32.6. The Kier molecular flexibility index (Phi) is 15.3. The van der Waals surface area contributed by atoms with Crippen molar-refractivity contribution in [2.75, 3.05) is 86.5 Å². The van der Waals surface area contributed by atoms with Crippen LogP contribution in [0.2, 0.25) is 0 Å². The summed E-state index contributed by atoms with van der Waals surface area (Å²) < 4.78 is 18.4. The van der Waals surface area contributed by atoms with Crippen LogP contribution in [-0.2, 0) is 19.1 Å². The highest BCUT2D eigenvalue weighted by Crippen LogP contribution is 2.32. The summed E-state index contributed by atoms with van der Waals surface area (Å²) in [5.74, 6) is 0.454. The molecule has 5 aromatic rings. The molecule has 8 rings (SSSR count). The normalized spacial score (nSPS) is 15.3. The molecule has 3 fully saturated rings. The van der Waals surface area contributed by atoms with Crippen molar-refractivity contribution in [2.24, 2.45) is 0 Å². The Hall–Kier alpha value is -6.90. The number of carbonyl (C=O) groups is 4. The smallest absolute Gasteiger partial charge is 0.263 e. The third kappa shape index (κ3) is 12.3. The lowest BCUT2D eigenvalue weighted by molar-refractivity contribution is -0.122. The number of ketones is 1. The number of anilines is 5. The van der Waals surface area contributed by atoms with Gasteiger partial charge in [-0.2, -0.15) is 4.98 Å². The van der Waals surface area contributed by atoms with Gasteiger partial charge in [-0.15, -0.1) is 10.2 Å². The van der Waals surface area contributed by atoms with Crippen LogP contribution in [0.3, 0.4) is 0 Å². The van der Waals surface area contributed by atoms with E-state index in [2.05, 4.69) is 51.2 Å². The average Bonchev–Trinajstić information content (AvgIpc) is 3.98. The number of nitrogens with one attached hydrogen (secondary N) is 4. The zero-order valence-electron chi connectivity index (χ0n) is 37.8. The third-order valence-corrected chi connectivity index (χ3v) is 11.9. The molecule has 0 radical (unpaired) electrons. The van der Waals surface area contributed by atoms with Gasteiger partial charge in [-0.25, -0.2) is 9.97 Å². The Morgan fingerprint density at radius 2 is 1.55 bits per heavy atom. The van der Waals surface area contributed by atoms with Crippen molar-refractivity contribution < 1.29 is 33.4 Å². The fourth-order valence-electron chi connectivity index (χ4n) is 8.24. The van der Waals surface area contributed by atoms with Crippen molar-refractivity contribution in [3.8, 4) is 5.88 Å². The molecular weight excluding hydrogens is 861 g/mol. The fourth-order valence-corrected chi connectivity index (χ4v) is 8.24. The van der Waals surface area contributed by atoms with Crippen LogP contribution in [0.15, 0.2) is 65.7 Å². The fraction of sp³-hybridized carbons (Fsp3) is 0.447. The zero-order valence-corrected chi connectivity index (χ0v) is 37.8. The first kappa shape index (κ1) is 46.6. The molecule has 0 spiro atoms. The number of Topliss-reactive ketones (excluding diaryl/α,β-unsaturated/α-hetero) is 1. The van der Waals surface area contributed by atoms with E-state index in [9.17, 15) is 24.0 Å². The molecule has 5 heterocycles. The molecule has 20 heteroatoms. The van der Waals surface area contributed by atoms with Gasteiger partial charge in [-0.3, -0.25) is 33.4 Å². The van der Waals surface area contributed by atoms with Gasteiger partial charge >= 0.3 is 0 Å². The molecule has 3 amide bonds. The number of aryl methyl sites for hydroxylation is 1. The number of rotatable bonds is 21. The van der Waals surface area contributed by atoms with Gasteiger partial charge in [-0.05, 0) is 75.4 Å². The quantitative estimate of drug-likeness (QED) is 0.0588. The van der Waals surface area contributed by atoms with Gasteiger partial charge < -0.3 is 40.4 Å². The number of ether oxygens (including phenoxy) is 3. The van der Waals surface area contributed by atoms with E-state index in [0.717, 1.165) is 57.3 Å². The van der Waals surface area contributed by atoms with E-state index in [0.29, 0.717) is 72.8 Å². The summed E-state index contributed by atoms with van der Waals surface area (Å²) >= 11 is 0. The molecule has 0 atom stereocenters. The van der Waals surface area contributed by atoms with Crippen molar-refractivity contribution in [1.82, 2.24) is 39.9 Å². The molecule has 2 saturated carbocycles. The maximum Gasteiger partial charge on any atom is 0.263 e. The van der Waals surface area contributed by atoms with Crippen LogP contribution in [0.4, 0.5) is 29.0 Å². The van der Waals surface area contributed by atoms with E-state index in [-0.39, 0.29) is 78.4 Å². The highest BCUT2D eigenvalue weighted by atomic mass is 16.5. The van der Waals surface area contributed by atoms with Crippen LogP contribution in [0.25, 0.3) is 11.0 Å². The zero-order chi connectivity index (χ0) is 46.7. The van der Waals surface area contributed by atoms with E-state index in [1.165, 1.54) is 6.92 Å². The van der Waals surface area contributed by atoms with Crippen LogP contribution < -0.4 is 36.5 Å². The Bertz CT molecular complexity index is 2610. The number of hydrogen-bond donors (Lipinski definition) is 4. The lowest BCUT2D eigenvalue weighted by atomic mass is 10.0. The van der Waals surface area contributed by atoms with Gasteiger partial charge in [-0.1, -0.05) is 25.0 Å². The van der Waals surface area contributed by atoms with Crippen molar-refractivity contribution >= 4 is 63.5 Å². The monoisotopic (exact) mass is 916 g/mol. The molecule has 3 aliphatic rings. The second kappa shape index (κ2) is 22.1. The summed E-state index contributed by atoms with van der Waals surface area (Å²) in [4.78, 5) is 82.5. The van der Waals surface area contributed by atoms with Crippen molar-refractivity contribution in [2.45, 2.75) is 70.9 Å². The summed E-state index contributed by atoms with van der Waals surface area (Å²) in [6.45, 7) is 7.78. The van der Waals surface area contributed by atoms with Crippen LogP contribution in [0.5, 0.6) is 5.88 Å². The number of nitrogens with zero attached hydrogens (tertiary/aromatic N) is 8. The molecule has 1 aliphatic heterocycles. The molecule has 67 heavy (non-hydrogen) atoms. The van der Waals surface area contributed by atoms with Gasteiger partial charge in [0.15, 0.2) is 11.6 Å². The third-order valence-electron chi connectivity index (χ3n) is 11.9. The topological polar surface area (TPSA) is 237 Å². The number of piperazine rings is 1. The molecule has 20 nitrogen and oxygen atoms in total.